The largest absolute Gasteiger partial charge is 0.495 e. The summed E-state index contributed by atoms with van der Waals surface area (Å²) in [4.78, 5) is 6.92. The molecular weight excluding hydrogens is 403 g/mol. The number of benzene rings is 1. The number of para-hydroxylation sites is 2. The standard InChI is InChI=1S/C17H28N4O.HI/c1-14-8-12-21(13-9-14)11-5-10-19-17(18)20-15-6-3-4-7-16(15)22-2;/h3-4,6-7,14H,5,8-13H2,1-2H3,(H3,18,19,20);1H. The molecule has 23 heavy (non-hydrogen) atoms. The Morgan fingerprint density at radius 1 is 1.35 bits per heavy atom. The van der Waals surface area contributed by atoms with Crippen LogP contribution in [0, 0.1) is 5.92 Å². The molecule has 130 valence electrons. The van der Waals surface area contributed by atoms with E-state index in [0.717, 1.165) is 36.9 Å². The zero-order valence-electron chi connectivity index (χ0n) is 14.1. The molecule has 0 aromatic heterocycles. The van der Waals surface area contributed by atoms with E-state index < -0.39 is 0 Å². The van der Waals surface area contributed by atoms with Crippen LogP contribution in [0.1, 0.15) is 26.2 Å². The molecule has 1 aromatic carbocycles. The lowest BCUT2D eigenvalue weighted by molar-refractivity contribution is 0.192. The van der Waals surface area contributed by atoms with Crippen molar-refractivity contribution in [2.24, 2.45) is 16.6 Å². The molecule has 1 aromatic rings. The molecule has 0 amide bonds. The van der Waals surface area contributed by atoms with Crippen molar-refractivity contribution in [2.75, 3.05) is 38.6 Å². The van der Waals surface area contributed by atoms with Crippen LogP contribution in [0.4, 0.5) is 5.69 Å². The van der Waals surface area contributed by atoms with E-state index in [9.17, 15) is 0 Å². The van der Waals surface area contributed by atoms with Crippen molar-refractivity contribution in [2.45, 2.75) is 26.2 Å². The highest BCUT2D eigenvalue weighted by Gasteiger charge is 2.14. The van der Waals surface area contributed by atoms with Crippen LogP contribution >= 0.6 is 24.0 Å². The number of aliphatic imine (C=N–C) groups is 1. The highest BCUT2D eigenvalue weighted by molar-refractivity contribution is 14.0. The number of nitrogens with one attached hydrogen (secondary N) is 1. The van der Waals surface area contributed by atoms with Gasteiger partial charge in [0, 0.05) is 6.54 Å². The molecule has 0 unspecified atom stereocenters. The summed E-state index contributed by atoms with van der Waals surface area (Å²) in [6.07, 6.45) is 3.68. The fraction of sp³-hybridized carbons (Fsp3) is 0.588. The zero-order valence-corrected chi connectivity index (χ0v) is 16.5. The second kappa shape index (κ2) is 10.7. The van der Waals surface area contributed by atoms with Crippen LogP contribution in [0.3, 0.4) is 0 Å². The van der Waals surface area contributed by atoms with Gasteiger partial charge in [-0.25, -0.2) is 0 Å². The van der Waals surface area contributed by atoms with Crippen LogP contribution in [-0.4, -0.2) is 44.1 Å². The first-order valence-corrected chi connectivity index (χ1v) is 8.11. The maximum atomic E-state index is 5.94. The summed E-state index contributed by atoms with van der Waals surface area (Å²) in [6.45, 7) is 6.64. The summed E-state index contributed by atoms with van der Waals surface area (Å²) in [7, 11) is 1.65. The van der Waals surface area contributed by atoms with Crippen molar-refractivity contribution < 1.29 is 4.74 Å². The molecule has 1 heterocycles. The second-order valence-corrected chi connectivity index (χ2v) is 5.97. The quantitative estimate of drug-likeness (QED) is 0.314. The van der Waals surface area contributed by atoms with Crippen LogP contribution in [0.15, 0.2) is 29.3 Å². The number of hydrogen-bond acceptors (Lipinski definition) is 3. The molecule has 0 aliphatic carbocycles. The molecule has 1 aliphatic rings. The third-order valence-electron chi connectivity index (χ3n) is 4.16. The molecule has 0 saturated carbocycles. The minimum absolute atomic E-state index is 0. The molecule has 0 bridgehead atoms. The summed E-state index contributed by atoms with van der Waals surface area (Å²) < 4.78 is 5.28. The normalized spacial score (nSPS) is 16.7. The molecule has 0 radical (unpaired) electrons. The van der Waals surface area contributed by atoms with Gasteiger partial charge in [0.1, 0.15) is 5.75 Å². The van der Waals surface area contributed by atoms with Gasteiger partial charge in [-0.3, -0.25) is 4.99 Å². The number of piperidine rings is 1. The number of guanidine groups is 1. The molecule has 3 N–H and O–H groups in total. The lowest BCUT2D eigenvalue weighted by Crippen LogP contribution is -2.34. The number of anilines is 1. The molecule has 6 heteroatoms. The number of halogens is 1. The number of rotatable bonds is 6. The van der Waals surface area contributed by atoms with Gasteiger partial charge in [-0.1, -0.05) is 19.1 Å². The van der Waals surface area contributed by atoms with E-state index in [4.69, 9.17) is 10.5 Å². The van der Waals surface area contributed by atoms with Crippen LogP contribution in [0.25, 0.3) is 0 Å². The number of ether oxygens (including phenoxy) is 1. The molecule has 1 fully saturated rings. The van der Waals surface area contributed by atoms with Gasteiger partial charge in [-0.2, -0.15) is 0 Å². The Kier molecular flexibility index (Phi) is 9.31. The van der Waals surface area contributed by atoms with E-state index >= 15 is 0 Å². The summed E-state index contributed by atoms with van der Waals surface area (Å²) in [5, 5.41) is 3.09. The number of nitrogens with two attached hydrogens (primary N) is 1. The molecule has 0 atom stereocenters. The van der Waals surface area contributed by atoms with Crippen molar-refractivity contribution in [3.05, 3.63) is 24.3 Å². The van der Waals surface area contributed by atoms with E-state index in [1.807, 2.05) is 24.3 Å². The Balaban J connectivity index is 0.00000264. The molecule has 2 rings (SSSR count). The number of methoxy groups -OCH3 is 1. The molecule has 0 spiro atoms. The van der Waals surface area contributed by atoms with Crippen LogP contribution in [0.2, 0.25) is 0 Å². The molecule has 1 saturated heterocycles. The van der Waals surface area contributed by atoms with Gasteiger partial charge in [0.25, 0.3) is 0 Å². The van der Waals surface area contributed by atoms with Crippen molar-refractivity contribution in [1.29, 1.82) is 0 Å². The van der Waals surface area contributed by atoms with Gasteiger partial charge in [-0.05, 0) is 56.9 Å². The number of likely N-dealkylation sites (tertiary alicyclic amines) is 1. The van der Waals surface area contributed by atoms with Gasteiger partial charge < -0.3 is 20.7 Å². The zero-order chi connectivity index (χ0) is 15.8. The highest BCUT2D eigenvalue weighted by Crippen LogP contribution is 2.22. The predicted octanol–water partition coefficient (Wildman–Crippen LogP) is 3.16. The Hall–Kier alpha value is -1.02. The maximum absolute atomic E-state index is 5.94. The summed E-state index contributed by atoms with van der Waals surface area (Å²) in [5.41, 5.74) is 6.78. The third kappa shape index (κ3) is 6.95. The van der Waals surface area contributed by atoms with Crippen LogP contribution < -0.4 is 15.8 Å². The Morgan fingerprint density at radius 2 is 2.04 bits per heavy atom. The predicted molar refractivity (Wildman–Crippen MR) is 108 cm³/mol. The smallest absolute Gasteiger partial charge is 0.193 e. The maximum Gasteiger partial charge on any atom is 0.193 e. The lowest BCUT2D eigenvalue weighted by atomic mass is 9.99. The highest BCUT2D eigenvalue weighted by atomic mass is 127. The minimum atomic E-state index is 0. The van der Waals surface area contributed by atoms with E-state index in [1.165, 1.54) is 25.9 Å². The number of hydrogen-bond donors (Lipinski definition) is 2. The first kappa shape index (κ1) is 20.0. The SMILES string of the molecule is COc1ccccc1NC(N)=NCCCN1CCC(C)CC1.I. The lowest BCUT2D eigenvalue weighted by Gasteiger charge is -2.29. The molecule has 1 aliphatic heterocycles. The fourth-order valence-electron chi connectivity index (χ4n) is 2.70. The second-order valence-electron chi connectivity index (χ2n) is 5.97. The summed E-state index contributed by atoms with van der Waals surface area (Å²) in [5.74, 6) is 2.09. The van der Waals surface area contributed by atoms with Crippen molar-refractivity contribution in [3.8, 4) is 5.75 Å². The Bertz CT molecular complexity index is 487. The summed E-state index contributed by atoms with van der Waals surface area (Å²) in [6, 6.07) is 7.69. The Morgan fingerprint density at radius 3 is 2.74 bits per heavy atom. The van der Waals surface area contributed by atoms with E-state index in [-0.39, 0.29) is 24.0 Å². The van der Waals surface area contributed by atoms with Crippen molar-refractivity contribution in [1.82, 2.24) is 4.90 Å². The third-order valence-corrected chi connectivity index (χ3v) is 4.16. The molecular formula is C17H29IN4O. The van der Waals surface area contributed by atoms with Gasteiger partial charge in [0.15, 0.2) is 5.96 Å². The minimum Gasteiger partial charge on any atom is -0.495 e. The average molecular weight is 432 g/mol. The van der Waals surface area contributed by atoms with Crippen molar-refractivity contribution in [3.63, 3.8) is 0 Å². The van der Waals surface area contributed by atoms with E-state index in [2.05, 4.69) is 22.1 Å². The summed E-state index contributed by atoms with van der Waals surface area (Å²) >= 11 is 0. The van der Waals surface area contributed by atoms with Gasteiger partial charge in [-0.15, -0.1) is 24.0 Å². The van der Waals surface area contributed by atoms with Gasteiger partial charge in [0.05, 0.1) is 12.8 Å². The first-order chi connectivity index (χ1) is 10.7. The van der Waals surface area contributed by atoms with Crippen LogP contribution in [-0.2, 0) is 0 Å². The fourth-order valence-corrected chi connectivity index (χ4v) is 2.70. The van der Waals surface area contributed by atoms with Gasteiger partial charge >= 0.3 is 0 Å². The topological polar surface area (TPSA) is 62.9 Å². The average Bonchev–Trinajstić information content (AvgIpc) is 2.54. The van der Waals surface area contributed by atoms with E-state index in [1.54, 1.807) is 7.11 Å². The number of nitrogens with zero attached hydrogens (tertiary/aromatic N) is 2. The van der Waals surface area contributed by atoms with Crippen LogP contribution in [0.5, 0.6) is 5.75 Å². The van der Waals surface area contributed by atoms with E-state index in [0.29, 0.717) is 5.96 Å². The first-order valence-electron chi connectivity index (χ1n) is 8.11. The Labute approximate surface area is 156 Å². The monoisotopic (exact) mass is 432 g/mol. The molecule has 5 nitrogen and oxygen atoms in total. The van der Waals surface area contributed by atoms with Gasteiger partial charge in [0.2, 0.25) is 0 Å². The van der Waals surface area contributed by atoms with Crippen molar-refractivity contribution >= 4 is 35.6 Å².